The topological polar surface area (TPSA) is 61.1 Å². The van der Waals surface area contributed by atoms with Crippen molar-refractivity contribution in [3.05, 3.63) is 51.9 Å². The lowest BCUT2D eigenvalue weighted by Gasteiger charge is -1.97. The molecular weight excluding hydrogens is 282 g/mol. The van der Waals surface area contributed by atoms with E-state index in [1.165, 1.54) is 17.4 Å². The van der Waals surface area contributed by atoms with E-state index in [2.05, 4.69) is 0 Å². The molecule has 0 aliphatic carbocycles. The molecule has 5 heteroatoms. The van der Waals surface area contributed by atoms with Crippen molar-refractivity contribution in [2.75, 3.05) is 0 Å². The number of halogens is 1. The number of carbonyl (C=O) groups is 1. The average molecular weight is 290 g/mol. The maximum absolute atomic E-state index is 10.8. The molecule has 2 aromatic rings. The molecule has 0 radical (unpaired) electrons. The summed E-state index contributed by atoms with van der Waals surface area (Å²) in [7, 11) is 0. The minimum absolute atomic E-state index is 0.278. The van der Waals surface area contributed by atoms with Gasteiger partial charge in [0.25, 0.3) is 0 Å². The van der Waals surface area contributed by atoms with Gasteiger partial charge in [0.2, 0.25) is 0 Å². The summed E-state index contributed by atoms with van der Waals surface area (Å²) in [4.78, 5) is 12.4. The van der Waals surface area contributed by atoms with Gasteiger partial charge in [-0.3, -0.25) is 0 Å². The predicted molar refractivity (Wildman–Crippen MR) is 76.0 cm³/mol. The SMILES string of the molecule is N#C/C(=C\c1ccc(-c2cccc(Cl)c2)s1)C(=O)O. The largest absolute Gasteiger partial charge is 0.477 e. The van der Waals surface area contributed by atoms with E-state index in [0.717, 1.165) is 10.4 Å². The molecule has 0 atom stereocenters. The Morgan fingerprint density at radius 2 is 2.16 bits per heavy atom. The first-order valence-electron chi connectivity index (χ1n) is 5.31. The van der Waals surface area contributed by atoms with Crippen molar-refractivity contribution in [3.8, 4) is 16.5 Å². The number of nitrogens with zero attached hydrogens (tertiary/aromatic N) is 1. The maximum Gasteiger partial charge on any atom is 0.346 e. The highest BCUT2D eigenvalue weighted by molar-refractivity contribution is 7.16. The van der Waals surface area contributed by atoms with Gasteiger partial charge in [-0.25, -0.2) is 4.79 Å². The second-order valence-corrected chi connectivity index (χ2v) is 5.24. The van der Waals surface area contributed by atoms with E-state index in [4.69, 9.17) is 22.0 Å². The summed E-state index contributed by atoms with van der Waals surface area (Å²) < 4.78 is 0. The number of benzene rings is 1. The summed E-state index contributed by atoms with van der Waals surface area (Å²) >= 11 is 7.33. The second-order valence-electron chi connectivity index (χ2n) is 3.69. The van der Waals surface area contributed by atoms with Gasteiger partial charge in [-0.15, -0.1) is 11.3 Å². The zero-order valence-electron chi connectivity index (χ0n) is 9.63. The van der Waals surface area contributed by atoms with Gasteiger partial charge in [0, 0.05) is 14.8 Å². The standard InChI is InChI=1S/C14H8ClNO2S/c15-11-3-1-2-9(6-11)13-5-4-12(19-13)7-10(8-16)14(17)18/h1-7H,(H,17,18)/b10-7+. The van der Waals surface area contributed by atoms with Crippen molar-refractivity contribution in [2.24, 2.45) is 0 Å². The first-order chi connectivity index (χ1) is 9.10. The molecule has 0 saturated heterocycles. The number of hydrogen-bond acceptors (Lipinski definition) is 3. The van der Waals surface area contributed by atoms with E-state index in [-0.39, 0.29) is 5.57 Å². The van der Waals surface area contributed by atoms with Gasteiger partial charge < -0.3 is 5.11 Å². The highest BCUT2D eigenvalue weighted by Gasteiger charge is 2.08. The minimum Gasteiger partial charge on any atom is -0.477 e. The van der Waals surface area contributed by atoms with Crippen molar-refractivity contribution in [2.45, 2.75) is 0 Å². The van der Waals surface area contributed by atoms with E-state index in [1.54, 1.807) is 18.2 Å². The summed E-state index contributed by atoms with van der Waals surface area (Å²) in [6, 6.07) is 12.7. The number of hydrogen-bond donors (Lipinski definition) is 1. The molecule has 3 nitrogen and oxygen atoms in total. The van der Waals surface area contributed by atoms with Crippen LogP contribution in [0.2, 0.25) is 5.02 Å². The quantitative estimate of drug-likeness (QED) is 0.684. The zero-order chi connectivity index (χ0) is 13.8. The Labute approximate surface area is 119 Å². The molecule has 1 aromatic carbocycles. The monoisotopic (exact) mass is 289 g/mol. The first kappa shape index (κ1) is 13.3. The Kier molecular flexibility index (Phi) is 4.00. The highest BCUT2D eigenvalue weighted by Crippen LogP contribution is 2.30. The van der Waals surface area contributed by atoms with Gasteiger partial charge in [-0.05, 0) is 35.9 Å². The lowest BCUT2D eigenvalue weighted by Crippen LogP contribution is -1.96. The third-order valence-corrected chi connectivity index (χ3v) is 3.69. The minimum atomic E-state index is -1.22. The third kappa shape index (κ3) is 3.22. The Bertz CT molecular complexity index is 697. The number of rotatable bonds is 3. The zero-order valence-corrected chi connectivity index (χ0v) is 11.2. The van der Waals surface area contributed by atoms with Crippen LogP contribution in [0.5, 0.6) is 0 Å². The summed E-state index contributed by atoms with van der Waals surface area (Å²) in [5, 5.41) is 18.1. The van der Waals surface area contributed by atoms with E-state index >= 15 is 0 Å². The average Bonchev–Trinajstić information content (AvgIpc) is 2.84. The molecule has 0 fully saturated rings. The van der Waals surface area contributed by atoms with Crippen molar-refractivity contribution < 1.29 is 9.90 Å². The van der Waals surface area contributed by atoms with Crippen LogP contribution in [0.4, 0.5) is 0 Å². The van der Waals surface area contributed by atoms with E-state index in [1.807, 2.05) is 24.3 Å². The molecule has 94 valence electrons. The lowest BCUT2D eigenvalue weighted by atomic mass is 10.2. The third-order valence-electron chi connectivity index (χ3n) is 2.37. The van der Waals surface area contributed by atoms with Crippen molar-refractivity contribution in [3.63, 3.8) is 0 Å². The Morgan fingerprint density at radius 1 is 1.37 bits per heavy atom. The summed E-state index contributed by atoms with van der Waals surface area (Å²) in [6.45, 7) is 0. The van der Waals surface area contributed by atoms with E-state index in [0.29, 0.717) is 9.90 Å². The summed E-state index contributed by atoms with van der Waals surface area (Å²) in [5.41, 5.74) is 0.686. The molecule has 1 N–H and O–H groups in total. The molecule has 1 heterocycles. The number of nitriles is 1. The van der Waals surface area contributed by atoms with Crippen LogP contribution in [0.15, 0.2) is 42.0 Å². The fraction of sp³-hybridized carbons (Fsp3) is 0. The molecular formula is C14H8ClNO2S. The Balaban J connectivity index is 2.35. The van der Waals surface area contributed by atoms with Gasteiger partial charge in [-0.2, -0.15) is 5.26 Å². The molecule has 0 bridgehead atoms. The molecule has 2 rings (SSSR count). The van der Waals surface area contributed by atoms with Gasteiger partial charge in [0.1, 0.15) is 11.6 Å². The fourth-order valence-electron chi connectivity index (χ4n) is 1.51. The fourth-order valence-corrected chi connectivity index (χ4v) is 2.65. The van der Waals surface area contributed by atoms with Gasteiger partial charge in [-0.1, -0.05) is 23.7 Å². The van der Waals surface area contributed by atoms with Crippen LogP contribution in [0.3, 0.4) is 0 Å². The van der Waals surface area contributed by atoms with E-state index in [9.17, 15) is 4.79 Å². The number of thiophene rings is 1. The summed E-state index contributed by atoms with van der Waals surface area (Å²) in [5.74, 6) is -1.22. The molecule has 0 spiro atoms. The Morgan fingerprint density at radius 3 is 2.79 bits per heavy atom. The van der Waals surface area contributed by atoms with Crippen molar-refractivity contribution in [1.82, 2.24) is 0 Å². The van der Waals surface area contributed by atoms with Crippen LogP contribution in [-0.4, -0.2) is 11.1 Å². The van der Waals surface area contributed by atoms with Crippen LogP contribution >= 0.6 is 22.9 Å². The van der Waals surface area contributed by atoms with Gasteiger partial charge >= 0.3 is 5.97 Å². The second kappa shape index (κ2) is 5.70. The molecule has 19 heavy (non-hydrogen) atoms. The predicted octanol–water partition coefficient (Wildman–Crippen LogP) is 4.06. The molecule has 0 aliphatic rings. The van der Waals surface area contributed by atoms with Gasteiger partial charge in [0.05, 0.1) is 0 Å². The lowest BCUT2D eigenvalue weighted by molar-refractivity contribution is -0.132. The smallest absolute Gasteiger partial charge is 0.346 e. The number of carboxylic acids is 1. The molecule has 0 unspecified atom stereocenters. The van der Waals surface area contributed by atoms with Crippen molar-refractivity contribution in [1.29, 1.82) is 5.26 Å². The molecule has 0 saturated carbocycles. The van der Waals surface area contributed by atoms with Crippen molar-refractivity contribution >= 4 is 35.0 Å². The summed E-state index contributed by atoms with van der Waals surface area (Å²) in [6.07, 6.45) is 1.36. The highest BCUT2D eigenvalue weighted by atomic mass is 35.5. The van der Waals surface area contributed by atoms with Crippen LogP contribution in [0.1, 0.15) is 4.88 Å². The molecule has 1 aromatic heterocycles. The van der Waals surface area contributed by atoms with E-state index < -0.39 is 5.97 Å². The molecule has 0 amide bonds. The Hall–Kier alpha value is -2.09. The number of carboxylic acid groups (broad SMARTS) is 1. The van der Waals surface area contributed by atoms with Crippen LogP contribution in [-0.2, 0) is 4.79 Å². The normalized spacial score (nSPS) is 11.1. The maximum atomic E-state index is 10.8. The first-order valence-corrected chi connectivity index (χ1v) is 6.50. The van der Waals surface area contributed by atoms with Crippen LogP contribution in [0.25, 0.3) is 16.5 Å². The van der Waals surface area contributed by atoms with Crippen LogP contribution < -0.4 is 0 Å². The van der Waals surface area contributed by atoms with Crippen LogP contribution in [0, 0.1) is 11.3 Å². The molecule has 0 aliphatic heterocycles. The number of aliphatic carboxylic acids is 1. The van der Waals surface area contributed by atoms with Gasteiger partial charge in [0.15, 0.2) is 0 Å².